The van der Waals surface area contributed by atoms with E-state index in [1.165, 1.54) is 7.11 Å². The van der Waals surface area contributed by atoms with Crippen molar-refractivity contribution in [3.05, 3.63) is 54.1 Å². The van der Waals surface area contributed by atoms with E-state index in [-0.39, 0.29) is 6.42 Å². The molecule has 0 radical (unpaired) electrons. The zero-order valence-electron chi connectivity index (χ0n) is 12.5. The van der Waals surface area contributed by atoms with Crippen LogP contribution in [0.25, 0.3) is 0 Å². The van der Waals surface area contributed by atoms with Crippen molar-refractivity contribution in [3.63, 3.8) is 0 Å². The molecule has 0 aromatic heterocycles. The summed E-state index contributed by atoms with van der Waals surface area (Å²) in [4.78, 5) is 11.5. The Balaban J connectivity index is 2.22. The fourth-order valence-corrected chi connectivity index (χ4v) is 2.12. The van der Waals surface area contributed by atoms with E-state index in [1.807, 2.05) is 18.2 Å². The zero-order chi connectivity index (χ0) is 15.9. The first kappa shape index (κ1) is 15.7. The highest BCUT2D eigenvalue weighted by molar-refractivity contribution is 5.73. The minimum absolute atomic E-state index is 0.192. The van der Waals surface area contributed by atoms with Crippen LogP contribution in [0.4, 0.5) is 0 Å². The van der Waals surface area contributed by atoms with Crippen LogP contribution in [0, 0.1) is 0 Å². The van der Waals surface area contributed by atoms with E-state index in [4.69, 9.17) is 14.2 Å². The Kier molecular flexibility index (Phi) is 5.25. The maximum absolute atomic E-state index is 11.5. The second-order valence-corrected chi connectivity index (χ2v) is 4.61. The maximum atomic E-state index is 11.5. The third-order valence-corrected chi connectivity index (χ3v) is 3.21. The van der Waals surface area contributed by atoms with Gasteiger partial charge in [0.2, 0.25) is 0 Å². The Bertz CT molecular complexity index is 589. The van der Waals surface area contributed by atoms with Crippen molar-refractivity contribution in [1.29, 1.82) is 0 Å². The van der Waals surface area contributed by atoms with Crippen molar-refractivity contribution in [3.8, 4) is 17.2 Å². The lowest BCUT2D eigenvalue weighted by molar-refractivity contribution is -0.145. The van der Waals surface area contributed by atoms with Gasteiger partial charge in [-0.15, -0.1) is 0 Å². The maximum Gasteiger partial charge on any atom is 0.345 e. The van der Waals surface area contributed by atoms with Gasteiger partial charge in [0.1, 0.15) is 5.75 Å². The Morgan fingerprint density at radius 1 is 0.955 bits per heavy atom. The van der Waals surface area contributed by atoms with Crippen LogP contribution in [0.3, 0.4) is 0 Å². The van der Waals surface area contributed by atoms with Gasteiger partial charge in [-0.3, -0.25) is 0 Å². The Hall–Kier alpha value is -2.69. The van der Waals surface area contributed by atoms with Crippen molar-refractivity contribution < 1.29 is 24.1 Å². The van der Waals surface area contributed by atoms with Gasteiger partial charge in [-0.05, 0) is 23.8 Å². The van der Waals surface area contributed by atoms with Crippen molar-refractivity contribution >= 4 is 5.97 Å². The summed E-state index contributed by atoms with van der Waals surface area (Å²) in [5.41, 5.74) is 0.771. The number of hydrogen-bond donors (Lipinski definition) is 1. The molecule has 2 aromatic rings. The first-order valence-electron chi connectivity index (χ1n) is 6.80. The molecule has 22 heavy (non-hydrogen) atoms. The number of aliphatic carboxylic acids is 1. The molecule has 5 heteroatoms. The third kappa shape index (κ3) is 3.69. The summed E-state index contributed by atoms with van der Waals surface area (Å²) in [6.07, 6.45) is -0.843. The van der Waals surface area contributed by atoms with Crippen molar-refractivity contribution in [2.24, 2.45) is 0 Å². The summed E-state index contributed by atoms with van der Waals surface area (Å²) in [7, 11) is 3.06. The first-order chi connectivity index (χ1) is 10.7. The Morgan fingerprint density at radius 2 is 1.50 bits per heavy atom. The molecule has 0 saturated carbocycles. The number of para-hydroxylation sites is 3. The topological polar surface area (TPSA) is 65.0 Å². The molecule has 0 fully saturated rings. The SMILES string of the molecule is COc1ccccc1C[C@@H](Oc1ccccc1OC)C(=O)O. The summed E-state index contributed by atoms with van der Waals surface area (Å²) in [6, 6.07) is 14.2. The van der Waals surface area contributed by atoms with Gasteiger partial charge in [-0.1, -0.05) is 30.3 Å². The third-order valence-electron chi connectivity index (χ3n) is 3.21. The number of carbonyl (C=O) groups is 1. The number of benzene rings is 2. The van der Waals surface area contributed by atoms with Gasteiger partial charge < -0.3 is 19.3 Å². The van der Waals surface area contributed by atoms with E-state index in [0.717, 1.165) is 5.56 Å². The Labute approximate surface area is 129 Å². The number of ether oxygens (including phenoxy) is 3. The standard InChI is InChI=1S/C17H18O5/c1-20-13-8-4-3-7-12(13)11-16(17(18)19)22-15-10-6-5-9-14(15)21-2/h3-10,16H,11H2,1-2H3,(H,18,19)/t16-/m1/s1. The largest absolute Gasteiger partial charge is 0.496 e. The van der Waals surface area contributed by atoms with E-state index in [9.17, 15) is 9.90 Å². The lowest BCUT2D eigenvalue weighted by atomic mass is 10.1. The van der Waals surface area contributed by atoms with Gasteiger partial charge in [0, 0.05) is 6.42 Å². The van der Waals surface area contributed by atoms with Crippen molar-refractivity contribution in [2.75, 3.05) is 14.2 Å². The number of hydrogen-bond acceptors (Lipinski definition) is 4. The van der Waals surface area contributed by atoms with Crippen LogP contribution in [-0.4, -0.2) is 31.4 Å². The quantitative estimate of drug-likeness (QED) is 0.852. The summed E-state index contributed by atoms with van der Waals surface area (Å²) in [5, 5.41) is 9.42. The lowest BCUT2D eigenvalue weighted by Crippen LogP contribution is -2.29. The summed E-state index contributed by atoms with van der Waals surface area (Å²) in [5.74, 6) is 0.482. The van der Waals surface area contributed by atoms with Crippen LogP contribution < -0.4 is 14.2 Å². The molecule has 0 saturated heterocycles. The summed E-state index contributed by atoms with van der Waals surface area (Å²) in [6.45, 7) is 0. The zero-order valence-corrected chi connectivity index (χ0v) is 12.5. The lowest BCUT2D eigenvalue weighted by Gasteiger charge is -2.18. The molecule has 0 amide bonds. The molecule has 0 aliphatic heterocycles. The van der Waals surface area contributed by atoms with Crippen LogP contribution >= 0.6 is 0 Å². The first-order valence-corrected chi connectivity index (χ1v) is 6.80. The average molecular weight is 302 g/mol. The van der Waals surface area contributed by atoms with Crippen LogP contribution in [0.2, 0.25) is 0 Å². The van der Waals surface area contributed by atoms with Gasteiger partial charge in [0.25, 0.3) is 0 Å². The molecule has 0 bridgehead atoms. The monoisotopic (exact) mass is 302 g/mol. The summed E-state index contributed by atoms with van der Waals surface area (Å²) < 4.78 is 16.0. The van der Waals surface area contributed by atoms with Gasteiger partial charge >= 0.3 is 5.97 Å². The second kappa shape index (κ2) is 7.36. The highest BCUT2D eigenvalue weighted by atomic mass is 16.5. The molecule has 2 rings (SSSR count). The molecule has 0 aliphatic carbocycles. The normalized spacial score (nSPS) is 11.5. The van der Waals surface area contributed by atoms with Gasteiger partial charge in [0.15, 0.2) is 17.6 Å². The highest BCUT2D eigenvalue weighted by Gasteiger charge is 2.23. The van der Waals surface area contributed by atoms with Gasteiger partial charge in [0.05, 0.1) is 14.2 Å². The molecule has 0 spiro atoms. The van der Waals surface area contributed by atoms with Crippen LogP contribution in [0.1, 0.15) is 5.56 Å². The molecule has 1 atom stereocenters. The predicted molar refractivity (Wildman–Crippen MR) is 81.7 cm³/mol. The highest BCUT2D eigenvalue weighted by Crippen LogP contribution is 2.28. The molecule has 116 valence electrons. The molecule has 0 unspecified atom stereocenters. The molecule has 0 heterocycles. The van der Waals surface area contributed by atoms with Gasteiger partial charge in [-0.25, -0.2) is 4.79 Å². The van der Waals surface area contributed by atoms with E-state index >= 15 is 0 Å². The number of carboxylic acids is 1. The average Bonchev–Trinajstić information content (AvgIpc) is 2.55. The van der Waals surface area contributed by atoms with Crippen molar-refractivity contribution in [2.45, 2.75) is 12.5 Å². The number of methoxy groups -OCH3 is 2. The number of carboxylic acid groups (broad SMARTS) is 1. The minimum Gasteiger partial charge on any atom is -0.496 e. The molecular formula is C17H18O5. The predicted octanol–water partition coefficient (Wildman–Crippen LogP) is 2.78. The smallest absolute Gasteiger partial charge is 0.345 e. The number of rotatable bonds is 7. The fourth-order valence-electron chi connectivity index (χ4n) is 2.12. The molecular weight excluding hydrogens is 284 g/mol. The summed E-state index contributed by atoms with van der Waals surface area (Å²) >= 11 is 0. The molecule has 2 aromatic carbocycles. The molecule has 1 N–H and O–H groups in total. The van der Waals surface area contributed by atoms with E-state index in [1.54, 1.807) is 37.4 Å². The molecule has 0 aliphatic rings. The van der Waals surface area contributed by atoms with Crippen LogP contribution in [0.5, 0.6) is 17.2 Å². The second-order valence-electron chi connectivity index (χ2n) is 4.61. The van der Waals surface area contributed by atoms with E-state index in [0.29, 0.717) is 17.2 Å². The Morgan fingerprint density at radius 3 is 2.09 bits per heavy atom. The van der Waals surface area contributed by atoms with Crippen LogP contribution in [-0.2, 0) is 11.2 Å². The van der Waals surface area contributed by atoms with Crippen LogP contribution in [0.15, 0.2) is 48.5 Å². The van der Waals surface area contributed by atoms with Crippen molar-refractivity contribution in [1.82, 2.24) is 0 Å². The molecule has 5 nitrogen and oxygen atoms in total. The van der Waals surface area contributed by atoms with E-state index < -0.39 is 12.1 Å². The van der Waals surface area contributed by atoms with E-state index in [2.05, 4.69) is 0 Å². The minimum atomic E-state index is -1.04. The fraction of sp³-hybridized carbons (Fsp3) is 0.235. The van der Waals surface area contributed by atoms with Gasteiger partial charge in [-0.2, -0.15) is 0 Å².